The summed E-state index contributed by atoms with van der Waals surface area (Å²) in [6.07, 6.45) is 1.82. The highest BCUT2D eigenvalue weighted by Gasteiger charge is 2.32. The lowest BCUT2D eigenvalue weighted by atomic mass is 9.92. The third-order valence-corrected chi connectivity index (χ3v) is 3.87. The maximum atomic E-state index is 12.2. The van der Waals surface area contributed by atoms with Crippen LogP contribution >= 0.6 is 12.4 Å². The topological polar surface area (TPSA) is 35.6 Å². The van der Waals surface area contributed by atoms with Crippen LogP contribution in [0.5, 0.6) is 0 Å². The number of hydrogen-bond donors (Lipinski definition) is 1. The van der Waals surface area contributed by atoms with Crippen LogP contribution in [0.25, 0.3) is 0 Å². The molecule has 19 heavy (non-hydrogen) atoms. The van der Waals surface area contributed by atoms with E-state index in [2.05, 4.69) is 35.9 Å². The monoisotopic (exact) mass is 289 g/mol. The number of likely N-dealkylation sites (tertiary alicyclic amines) is 1. The Morgan fingerprint density at radius 2 is 1.84 bits per heavy atom. The molecule has 2 aliphatic rings. The lowest BCUT2D eigenvalue weighted by molar-refractivity contribution is -0.132. The number of halogens is 1. The van der Waals surface area contributed by atoms with E-state index in [0.717, 1.165) is 45.7 Å². The van der Waals surface area contributed by atoms with E-state index in [-0.39, 0.29) is 17.8 Å². The van der Waals surface area contributed by atoms with Gasteiger partial charge in [-0.05, 0) is 11.8 Å². The number of nitrogens with zero attached hydrogens (tertiary/aromatic N) is 2. The van der Waals surface area contributed by atoms with Crippen molar-refractivity contribution in [3.05, 3.63) is 0 Å². The van der Waals surface area contributed by atoms with Gasteiger partial charge in [-0.3, -0.25) is 9.69 Å². The Labute approximate surface area is 123 Å². The highest BCUT2D eigenvalue weighted by molar-refractivity contribution is 5.85. The molecule has 0 aromatic carbocycles. The summed E-state index contributed by atoms with van der Waals surface area (Å²) in [5.74, 6) is 0.333. The van der Waals surface area contributed by atoms with Crippen molar-refractivity contribution in [3.8, 4) is 0 Å². The molecular formula is C14H28ClN3O. The molecule has 112 valence electrons. The molecule has 0 radical (unpaired) electrons. The minimum atomic E-state index is 0. The van der Waals surface area contributed by atoms with E-state index in [1.165, 1.54) is 0 Å². The van der Waals surface area contributed by atoms with Crippen molar-refractivity contribution in [2.75, 3.05) is 39.3 Å². The van der Waals surface area contributed by atoms with Crippen molar-refractivity contribution in [2.24, 2.45) is 5.41 Å². The predicted molar refractivity (Wildman–Crippen MR) is 80.7 cm³/mol. The highest BCUT2D eigenvalue weighted by Crippen LogP contribution is 2.23. The first-order valence-electron chi connectivity index (χ1n) is 7.18. The number of amides is 1. The van der Waals surface area contributed by atoms with Crippen molar-refractivity contribution in [2.45, 2.75) is 39.7 Å². The second kappa shape index (κ2) is 6.91. The molecule has 0 aromatic heterocycles. The van der Waals surface area contributed by atoms with E-state index >= 15 is 0 Å². The lowest BCUT2D eigenvalue weighted by Crippen LogP contribution is -2.49. The second-order valence-electron chi connectivity index (χ2n) is 6.81. The third-order valence-electron chi connectivity index (χ3n) is 3.87. The van der Waals surface area contributed by atoms with Crippen LogP contribution in [-0.4, -0.2) is 61.0 Å². The maximum Gasteiger partial charge on any atom is 0.223 e. The molecule has 2 heterocycles. The quantitative estimate of drug-likeness (QED) is 0.834. The van der Waals surface area contributed by atoms with Crippen molar-refractivity contribution in [1.29, 1.82) is 0 Å². The van der Waals surface area contributed by atoms with Crippen LogP contribution in [-0.2, 0) is 4.79 Å². The standard InChI is InChI=1S/C14H27N3O.ClH/c1-14(2,3)10-13(18)17-7-4-12(11-17)16-8-5-15-6-9-16;/h12,15H,4-11H2,1-3H3;1H. The first-order valence-corrected chi connectivity index (χ1v) is 7.18. The Morgan fingerprint density at radius 1 is 1.21 bits per heavy atom. The van der Waals surface area contributed by atoms with E-state index in [0.29, 0.717) is 18.4 Å². The summed E-state index contributed by atoms with van der Waals surface area (Å²) < 4.78 is 0. The normalized spacial score (nSPS) is 25.2. The number of carbonyl (C=O) groups excluding carboxylic acids is 1. The Bertz CT molecular complexity index is 298. The average Bonchev–Trinajstić information content (AvgIpc) is 2.77. The van der Waals surface area contributed by atoms with Gasteiger partial charge in [0.2, 0.25) is 5.91 Å². The van der Waals surface area contributed by atoms with E-state index in [4.69, 9.17) is 0 Å². The number of piperazine rings is 1. The molecule has 2 aliphatic heterocycles. The first kappa shape index (κ1) is 16.7. The van der Waals surface area contributed by atoms with E-state index in [1.54, 1.807) is 0 Å². The van der Waals surface area contributed by atoms with Gasteiger partial charge in [-0.2, -0.15) is 0 Å². The van der Waals surface area contributed by atoms with Gasteiger partial charge >= 0.3 is 0 Å². The lowest BCUT2D eigenvalue weighted by Gasteiger charge is -2.32. The smallest absolute Gasteiger partial charge is 0.223 e. The van der Waals surface area contributed by atoms with E-state index < -0.39 is 0 Å². The molecule has 4 nitrogen and oxygen atoms in total. The second-order valence-corrected chi connectivity index (χ2v) is 6.81. The minimum absolute atomic E-state index is 0. The van der Waals surface area contributed by atoms with Crippen molar-refractivity contribution in [1.82, 2.24) is 15.1 Å². The largest absolute Gasteiger partial charge is 0.341 e. The van der Waals surface area contributed by atoms with Crippen molar-refractivity contribution < 1.29 is 4.79 Å². The number of rotatable bonds is 2. The average molecular weight is 290 g/mol. The van der Waals surface area contributed by atoms with Crippen molar-refractivity contribution >= 4 is 18.3 Å². The molecule has 5 heteroatoms. The molecule has 1 unspecified atom stereocenters. The molecule has 2 rings (SSSR count). The molecule has 0 aromatic rings. The van der Waals surface area contributed by atoms with Crippen LogP contribution in [0.4, 0.5) is 0 Å². The van der Waals surface area contributed by atoms with Gasteiger partial charge in [0.25, 0.3) is 0 Å². The fraction of sp³-hybridized carbons (Fsp3) is 0.929. The molecule has 2 fully saturated rings. The highest BCUT2D eigenvalue weighted by atomic mass is 35.5. The van der Waals surface area contributed by atoms with Gasteiger partial charge in [0, 0.05) is 51.7 Å². The van der Waals surface area contributed by atoms with Crippen LogP contribution in [0.15, 0.2) is 0 Å². The summed E-state index contributed by atoms with van der Waals surface area (Å²) in [6.45, 7) is 12.7. The molecule has 1 N–H and O–H groups in total. The minimum Gasteiger partial charge on any atom is -0.341 e. The van der Waals surface area contributed by atoms with Gasteiger partial charge < -0.3 is 10.2 Å². The molecule has 1 atom stereocenters. The van der Waals surface area contributed by atoms with Crippen LogP contribution in [0, 0.1) is 5.41 Å². The predicted octanol–water partition coefficient (Wildman–Crippen LogP) is 1.35. The maximum absolute atomic E-state index is 12.2. The summed E-state index contributed by atoms with van der Waals surface area (Å²) in [5.41, 5.74) is 0.101. The zero-order chi connectivity index (χ0) is 13.2. The SMILES string of the molecule is CC(C)(C)CC(=O)N1CCC(N2CCNCC2)C1.Cl. The van der Waals surface area contributed by atoms with Gasteiger partial charge in [0.1, 0.15) is 0 Å². The van der Waals surface area contributed by atoms with E-state index in [1.807, 2.05) is 0 Å². The summed E-state index contributed by atoms with van der Waals surface area (Å²) in [5, 5.41) is 3.38. The molecule has 0 bridgehead atoms. The van der Waals surface area contributed by atoms with Crippen molar-refractivity contribution in [3.63, 3.8) is 0 Å². The summed E-state index contributed by atoms with van der Waals surface area (Å²) in [4.78, 5) is 16.8. The number of hydrogen-bond acceptors (Lipinski definition) is 3. The van der Waals surface area contributed by atoms with Gasteiger partial charge in [-0.15, -0.1) is 12.4 Å². The van der Waals surface area contributed by atoms with E-state index in [9.17, 15) is 4.79 Å². The Kier molecular flexibility index (Phi) is 6.09. The molecule has 0 spiro atoms. The molecule has 0 aliphatic carbocycles. The fourth-order valence-corrected chi connectivity index (χ4v) is 2.88. The van der Waals surface area contributed by atoms with Crippen LogP contribution in [0.3, 0.4) is 0 Å². The zero-order valence-electron chi connectivity index (χ0n) is 12.4. The van der Waals surface area contributed by atoms with Gasteiger partial charge in [-0.1, -0.05) is 20.8 Å². The zero-order valence-corrected chi connectivity index (χ0v) is 13.3. The van der Waals surface area contributed by atoms with Crippen LogP contribution in [0.2, 0.25) is 0 Å². The Morgan fingerprint density at radius 3 is 2.42 bits per heavy atom. The molecule has 1 amide bonds. The number of carbonyl (C=O) groups is 1. The third kappa shape index (κ3) is 4.93. The van der Waals surface area contributed by atoms with Gasteiger partial charge in [-0.25, -0.2) is 0 Å². The molecule has 2 saturated heterocycles. The van der Waals surface area contributed by atoms with Gasteiger partial charge in [0.05, 0.1) is 0 Å². The van der Waals surface area contributed by atoms with Crippen LogP contribution < -0.4 is 5.32 Å². The molecule has 0 saturated carbocycles. The number of nitrogens with one attached hydrogen (secondary N) is 1. The summed E-state index contributed by atoms with van der Waals surface area (Å²) in [7, 11) is 0. The summed E-state index contributed by atoms with van der Waals surface area (Å²) in [6, 6.07) is 0.594. The molecular weight excluding hydrogens is 262 g/mol. The Hall–Kier alpha value is -0.320. The first-order chi connectivity index (χ1) is 8.46. The van der Waals surface area contributed by atoms with Crippen LogP contribution in [0.1, 0.15) is 33.6 Å². The van der Waals surface area contributed by atoms with Gasteiger partial charge in [0.15, 0.2) is 0 Å². The Balaban J connectivity index is 0.00000180. The fourth-order valence-electron chi connectivity index (χ4n) is 2.88. The summed E-state index contributed by atoms with van der Waals surface area (Å²) >= 11 is 0.